The standard InChI is InChI=1S/C21H17Cl2N3O4/c22-16-8-5-14(12-17(16)23)20(28)26-15-6-3-13(4-7-15)19(27)24-9-10-25-21(29)18-2-1-11-30-18/h1-8,11-12H,9-10H2,(H,24,27)(H,25,29)(H,26,28). The highest BCUT2D eigenvalue weighted by molar-refractivity contribution is 6.42. The second-order valence-electron chi connectivity index (χ2n) is 6.15. The van der Waals surface area contributed by atoms with Crippen molar-refractivity contribution in [3.63, 3.8) is 0 Å². The van der Waals surface area contributed by atoms with Crippen molar-refractivity contribution >= 4 is 46.6 Å². The number of carbonyl (C=O) groups excluding carboxylic acids is 3. The number of anilines is 1. The summed E-state index contributed by atoms with van der Waals surface area (Å²) in [5, 5.41) is 8.71. The Bertz CT molecular complexity index is 1050. The Kier molecular flexibility index (Phi) is 7.11. The van der Waals surface area contributed by atoms with Gasteiger partial charge in [-0.3, -0.25) is 14.4 Å². The van der Waals surface area contributed by atoms with E-state index in [9.17, 15) is 14.4 Å². The van der Waals surface area contributed by atoms with Crippen molar-refractivity contribution in [1.82, 2.24) is 10.6 Å². The normalized spacial score (nSPS) is 10.3. The molecule has 154 valence electrons. The van der Waals surface area contributed by atoms with Crippen molar-refractivity contribution in [1.29, 1.82) is 0 Å². The van der Waals surface area contributed by atoms with Gasteiger partial charge in [0.1, 0.15) is 0 Å². The molecule has 3 amide bonds. The molecule has 0 fully saturated rings. The van der Waals surface area contributed by atoms with Crippen molar-refractivity contribution in [2.45, 2.75) is 0 Å². The van der Waals surface area contributed by atoms with Gasteiger partial charge in [-0.05, 0) is 54.6 Å². The molecule has 0 radical (unpaired) electrons. The maximum atomic E-state index is 12.3. The molecule has 0 atom stereocenters. The number of hydrogen-bond donors (Lipinski definition) is 3. The molecule has 3 N–H and O–H groups in total. The third kappa shape index (κ3) is 5.62. The first-order chi connectivity index (χ1) is 14.4. The van der Waals surface area contributed by atoms with Gasteiger partial charge in [-0.2, -0.15) is 0 Å². The molecule has 0 aliphatic carbocycles. The number of furan rings is 1. The minimum absolute atomic E-state index is 0.208. The van der Waals surface area contributed by atoms with Gasteiger partial charge in [-0.15, -0.1) is 0 Å². The summed E-state index contributed by atoms with van der Waals surface area (Å²) in [6.07, 6.45) is 1.41. The molecule has 0 saturated carbocycles. The van der Waals surface area contributed by atoms with Gasteiger partial charge in [0.2, 0.25) is 0 Å². The summed E-state index contributed by atoms with van der Waals surface area (Å²) in [6.45, 7) is 0.504. The Hall–Kier alpha value is -3.29. The van der Waals surface area contributed by atoms with E-state index in [2.05, 4.69) is 16.0 Å². The molecule has 0 unspecified atom stereocenters. The molecule has 2 aromatic carbocycles. The highest BCUT2D eigenvalue weighted by atomic mass is 35.5. The zero-order valence-corrected chi connectivity index (χ0v) is 17.1. The summed E-state index contributed by atoms with van der Waals surface area (Å²) in [5.41, 5.74) is 1.30. The van der Waals surface area contributed by atoms with Gasteiger partial charge in [-0.1, -0.05) is 23.2 Å². The number of amides is 3. The van der Waals surface area contributed by atoms with Crippen LogP contribution in [0, 0.1) is 0 Å². The van der Waals surface area contributed by atoms with Crippen LogP contribution in [-0.4, -0.2) is 30.8 Å². The van der Waals surface area contributed by atoms with Crippen LogP contribution >= 0.6 is 23.2 Å². The maximum absolute atomic E-state index is 12.3. The largest absolute Gasteiger partial charge is 0.459 e. The Morgan fingerprint density at radius 2 is 1.43 bits per heavy atom. The smallest absolute Gasteiger partial charge is 0.287 e. The Morgan fingerprint density at radius 3 is 2.07 bits per heavy atom. The number of carbonyl (C=O) groups is 3. The lowest BCUT2D eigenvalue weighted by Gasteiger charge is -2.08. The van der Waals surface area contributed by atoms with E-state index in [0.717, 1.165) is 0 Å². The Morgan fingerprint density at radius 1 is 0.767 bits per heavy atom. The maximum Gasteiger partial charge on any atom is 0.287 e. The van der Waals surface area contributed by atoms with Crippen molar-refractivity contribution < 1.29 is 18.8 Å². The average Bonchev–Trinajstić information content (AvgIpc) is 3.28. The van der Waals surface area contributed by atoms with Gasteiger partial charge < -0.3 is 20.4 Å². The molecule has 1 heterocycles. The lowest BCUT2D eigenvalue weighted by molar-refractivity contribution is 0.0910. The van der Waals surface area contributed by atoms with Crippen molar-refractivity contribution in [3.05, 3.63) is 87.8 Å². The number of rotatable bonds is 7. The quantitative estimate of drug-likeness (QED) is 0.478. The number of halogens is 2. The van der Waals surface area contributed by atoms with Gasteiger partial charge in [-0.25, -0.2) is 0 Å². The van der Waals surface area contributed by atoms with E-state index in [4.69, 9.17) is 27.6 Å². The van der Waals surface area contributed by atoms with E-state index < -0.39 is 0 Å². The van der Waals surface area contributed by atoms with E-state index in [1.807, 2.05) is 0 Å². The monoisotopic (exact) mass is 445 g/mol. The summed E-state index contributed by atoms with van der Waals surface area (Å²) in [5.74, 6) is -0.793. The lowest BCUT2D eigenvalue weighted by Crippen LogP contribution is -2.34. The molecule has 9 heteroatoms. The minimum Gasteiger partial charge on any atom is -0.459 e. The molecule has 7 nitrogen and oxygen atoms in total. The summed E-state index contributed by atoms with van der Waals surface area (Å²) >= 11 is 11.8. The van der Waals surface area contributed by atoms with Crippen LogP contribution in [0.25, 0.3) is 0 Å². The minimum atomic E-state index is -0.351. The highest BCUT2D eigenvalue weighted by Gasteiger charge is 2.11. The fraction of sp³-hybridized carbons (Fsp3) is 0.0952. The zero-order valence-electron chi connectivity index (χ0n) is 15.6. The van der Waals surface area contributed by atoms with Gasteiger partial charge >= 0.3 is 0 Å². The van der Waals surface area contributed by atoms with Crippen LogP contribution < -0.4 is 16.0 Å². The molecule has 3 aromatic rings. The first kappa shape index (κ1) is 21.4. The predicted molar refractivity (Wildman–Crippen MR) is 114 cm³/mol. The molecule has 0 bridgehead atoms. The first-order valence-corrected chi connectivity index (χ1v) is 9.66. The third-order valence-electron chi connectivity index (χ3n) is 4.03. The summed E-state index contributed by atoms with van der Waals surface area (Å²) < 4.78 is 4.98. The van der Waals surface area contributed by atoms with Gasteiger partial charge in [0.05, 0.1) is 16.3 Å². The van der Waals surface area contributed by atoms with E-state index in [0.29, 0.717) is 21.8 Å². The second kappa shape index (κ2) is 9.96. The molecule has 30 heavy (non-hydrogen) atoms. The van der Waals surface area contributed by atoms with Crippen molar-refractivity contribution in [3.8, 4) is 0 Å². The fourth-order valence-corrected chi connectivity index (χ4v) is 2.79. The topological polar surface area (TPSA) is 100 Å². The molecule has 1 aromatic heterocycles. The van der Waals surface area contributed by atoms with Crippen LogP contribution in [0.2, 0.25) is 10.0 Å². The van der Waals surface area contributed by atoms with E-state index >= 15 is 0 Å². The van der Waals surface area contributed by atoms with E-state index in [1.54, 1.807) is 48.5 Å². The summed E-state index contributed by atoms with van der Waals surface area (Å²) in [6, 6.07) is 14.2. The van der Waals surface area contributed by atoms with Crippen molar-refractivity contribution in [2.24, 2.45) is 0 Å². The fourth-order valence-electron chi connectivity index (χ4n) is 2.49. The molecular formula is C21H17Cl2N3O4. The van der Waals surface area contributed by atoms with Crippen LogP contribution in [0.1, 0.15) is 31.3 Å². The molecular weight excluding hydrogens is 429 g/mol. The third-order valence-corrected chi connectivity index (χ3v) is 4.77. The average molecular weight is 446 g/mol. The lowest BCUT2D eigenvalue weighted by atomic mass is 10.1. The number of benzene rings is 2. The molecule has 0 aliphatic heterocycles. The van der Waals surface area contributed by atoms with Crippen LogP contribution in [0.3, 0.4) is 0 Å². The number of hydrogen-bond acceptors (Lipinski definition) is 4. The highest BCUT2D eigenvalue weighted by Crippen LogP contribution is 2.23. The molecule has 0 spiro atoms. The van der Waals surface area contributed by atoms with Crippen LogP contribution in [0.4, 0.5) is 5.69 Å². The van der Waals surface area contributed by atoms with E-state index in [1.165, 1.54) is 12.3 Å². The van der Waals surface area contributed by atoms with E-state index in [-0.39, 0.29) is 41.6 Å². The Balaban J connectivity index is 1.47. The van der Waals surface area contributed by atoms with Gasteiger partial charge in [0.25, 0.3) is 17.7 Å². The Labute approximate surface area is 182 Å². The van der Waals surface area contributed by atoms with Crippen LogP contribution in [0.5, 0.6) is 0 Å². The summed E-state index contributed by atoms with van der Waals surface area (Å²) in [7, 11) is 0. The SMILES string of the molecule is O=C(NCCNC(=O)c1ccco1)c1ccc(NC(=O)c2ccc(Cl)c(Cl)c2)cc1. The van der Waals surface area contributed by atoms with Gasteiger partial charge in [0.15, 0.2) is 5.76 Å². The molecule has 3 rings (SSSR count). The van der Waals surface area contributed by atoms with Crippen LogP contribution in [-0.2, 0) is 0 Å². The van der Waals surface area contributed by atoms with Crippen LogP contribution in [0.15, 0.2) is 65.3 Å². The second-order valence-corrected chi connectivity index (χ2v) is 6.96. The predicted octanol–water partition coefficient (Wildman–Crippen LogP) is 4.00. The number of nitrogens with one attached hydrogen (secondary N) is 3. The first-order valence-electron chi connectivity index (χ1n) is 8.90. The van der Waals surface area contributed by atoms with Crippen molar-refractivity contribution in [2.75, 3.05) is 18.4 Å². The summed E-state index contributed by atoms with van der Waals surface area (Å²) in [4.78, 5) is 36.2. The molecule has 0 saturated heterocycles. The molecule has 0 aliphatic rings. The zero-order chi connectivity index (χ0) is 21.5. The van der Waals surface area contributed by atoms with Gasteiger partial charge in [0, 0.05) is 29.9 Å².